The van der Waals surface area contributed by atoms with Crippen molar-refractivity contribution in [2.24, 2.45) is 0 Å². The second-order valence-corrected chi connectivity index (χ2v) is 5.48. The molecule has 0 bridgehead atoms. The van der Waals surface area contributed by atoms with Crippen LogP contribution in [0.5, 0.6) is 0 Å². The molecule has 0 spiro atoms. The van der Waals surface area contributed by atoms with E-state index in [1.54, 1.807) is 0 Å². The molecule has 2 aromatic carbocycles. The van der Waals surface area contributed by atoms with Crippen LogP contribution in [0.25, 0.3) is 0 Å². The highest BCUT2D eigenvalue weighted by Crippen LogP contribution is 2.24. The monoisotopic (exact) mass is 314 g/mol. The van der Waals surface area contributed by atoms with Crippen LogP contribution in [0.15, 0.2) is 46.9 Å². The van der Waals surface area contributed by atoms with Crippen LogP contribution in [-0.2, 0) is 0 Å². The number of hydrogen-bond acceptors (Lipinski definition) is 2. The van der Waals surface area contributed by atoms with E-state index in [1.165, 1.54) is 5.56 Å². The van der Waals surface area contributed by atoms with E-state index in [4.69, 9.17) is 5.26 Å². The molecule has 1 N–H and O–H groups in total. The van der Waals surface area contributed by atoms with Crippen molar-refractivity contribution < 1.29 is 0 Å². The lowest BCUT2D eigenvalue weighted by molar-refractivity contribution is 0.881. The number of aryl methyl sites for hydroxylation is 1. The highest BCUT2D eigenvalue weighted by molar-refractivity contribution is 9.10. The van der Waals surface area contributed by atoms with Gasteiger partial charge in [-0.3, -0.25) is 0 Å². The highest BCUT2D eigenvalue weighted by atomic mass is 79.9. The van der Waals surface area contributed by atoms with Crippen molar-refractivity contribution in [3.8, 4) is 6.07 Å². The summed E-state index contributed by atoms with van der Waals surface area (Å²) >= 11 is 3.49. The van der Waals surface area contributed by atoms with Crippen molar-refractivity contribution in [1.82, 2.24) is 0 Å². The lowest BCUT2D eigenvalue weighted by Gasteiger charge is -2.17. The van der Waals surface area contributed by atoms with Crippen LogP contribution in [0.3, 0.4) is 0 Å². The fourth-order valence-corrected chi connectivity index (χ4v) is 2.40. The molecule has 2 nitrogen and oxygen atoms in total. The zero-order chi connectivity index (χ0) is 13.8. The molecule has 3 heteroatoms. The maximum atomic E-state index is 8.87. The van der Waals surface area contributed by atoms with Gasteiger partial charge in [-0.15, -0.1) is 0 Å². The van der Waals surface area contributed by atoms with Crippen LogP contribution in [0, 0.1) is 18.3 Å². The maximum Gasteiger partial charge on any atom is 0.0991 e. The van der Waals surface area contributed by atoms with E-state index < -0.39 is 0 Å². The number of nitrogens with one attached hydrogen (secondary N) is 1. The van der Waals surface area contributed by atoms with E-state index in [1.807, 2.05) is 37.3 Å². The summed E-state index contributed by atoms with van der Waals surface area (Å²) < 4.78 is 1.08. The van der Waals surface area contributed by atoms with E-state index in [0.29, 0.717) is 5.56 Å². The molecule has 0 aliphatic rings. The Kier molecular flexibility index (Phi) is 4.24. The predicted molar refractivity (Wildman–Crippen MR) is 82.1 cm³/mol. The van der Waals surface area contributed by atoms with Crippen LogP contribution in [0.2, 0.25) is 0 Å². The molecule has 0 aromatic heterocycles. The lowest BCUT2D eigenvalue weighted by atomic mass is 10.1. The smallest absolute Gasteiger partial charge is 0.0991 e. The van der Waals surface area contributed by atoms with Crippen molar-refractivity contribution in [3.05, 3.63) is 63.6 Å². The van der Waals surface area contributed by atoms with Crippen LogP contribution in [0.1, 0.15) is 29.7 Å². The average Bonchev–Trinajstić information content (AvgIpc) is 2.41. The number of benzene rings is 2. The molecule has 2 aromatic rings. The molecular formula is C16H15BrN2. The molecule has 1 unspecified atom stereocenters. The second-order valence-electron chi connectivity index (χ2n) is 4.56. The Morgan fingerprint density at radius 3 is 2.63 bits per heavy atom. The second kappa shape index (κ2) is 5.90. The molecule has 0 radical (unpaired) electrons. The molecule has 0 heterocycles. The Bertz CT molecular complexity index is 629. The molecular weight excluding hydrogens is 300 g/mol. The van der Waals surface area contributed by atoms with E-state index in [-0.39, 0.29) is 6.04 Å². The third-order valence-electron chi connectivity index (χ3n) is 3.08. The van der Waals surface area contributed by atoms with Gasteiger partial charge in [0.25, 0.3) is 0 Å². The number of anilines is 1. The Labute approximate surface area is 122 Å². The van der Waals surface area contributed by atoms with Crippen molar-refractivity contribution in [1.29, 1.82) is 5.26 Å². The summed E-state index contributed by atoms with van der Waals surface area (Å²) in [7, 11) is 0. The van der Waals surface area contributed by atoms with Crippen LogP contribution < -0.4 is 5.32 Å². The third-order valence-corrected chi connectivity index (χ3v) is 3.57. The normalized spacial score (nSPS) is 11.7. The molecule has 19 heavy (non-hydrogen) atoms. The zero-order valence-electron chi connectivity index (χ0n) is 10.9. The molecule has 0 amide bonds. The molecule has 0 saturated carbocycles. The topological polar surface area (TPSA) is 35.8 Å². The summed E-state index contributed by atoms with van der Waals surface area (Å²) in [6.07, 6.45) is 0. The van der Waals surface area contributed by atoms with Gasteiger partial charge in [0.05, 0.1) is 11.6 Å². The minimum Gasteiger partial charge on any atom is -0.378 e. The third kappa shape index (κ3) is 3.36. The lowest BCUT2D eigenvalue weighted by Crippen LogP contribution is -2.07. The molecule has 1 atom stereocenters. The fourth-order valence-electron chi connectivity index (χ4n) is 1.99. The first kappa shape index (κ1) is 13.6. The van der Waals surface area contributed by atoms with E-state index >= 15 is 0 Å². The summed E-state index contributed by atoms with van der Waals surface area (Å²) in [4.78, 5) is 0. The molecule has 0 aliphatic heterocycles. The van der Waals surface area contributed by atoms with E-state index in [9.17, 15) is 0 Å². The number of rotatable bonds is 3. The van der Waals surface area contributed by atoms with E-state index in [0.717, 1.165) is 15.7 Å². The SMILES string of the molecule is Cc1cc(C#N)ccc1NC(C)c1cccc(Br)c1. The summed E-state index contributed by atoms with van der Waals surface area (Å²) in [5.41, 5.74) is 4.06. The average molecular weight is 315 g/mol. The quantitative estimate of drug-likeness (QED) is 0.883. The van der Waals surface area contributed by atoms with Gasteiger partial charge in [-0.2, -0.15) is 5.26 Å². The van der Waals surface area contributed by atoms with Crippen molar-refractivity contribution in [2.45, 2.75) is 19.9 Å². The summed E-state index contributed by atoms with van der Waals surface area (Å²) in [5.74, 6) is 0. The standard InChI is InChI=1S/C16H15BrN2/c1-11-8-13(10-18)6-7-16(11)19-12(2)14-4-3-5-15(17)9-14/h3-9,12,19H,1-2H3. The molecule has 0 aliphatic carbocycles. The van der Waals surface area contributed by atoms with Gasteiger partial charge >= 0.3 is 0 Å². The largest absolute Gasteiger partial charge is 0.378 e. The predicted octanol–water partition coefficient (Wildman–Crippen LogP) is 4.80. The van der Waals surface area contributed by atoms with Gasteiger partial charge in [0, 0.05) is 16.2 Å². The van der Waals surface area contributed by atoms with Gasteiger partial charge in [-0.05, 0) is 55.3 Å². The van der Waals surface area contributed by atoms with Gasteiger partial charge in [0.2, 0.25) is 0 Å². The Morgan fingerprint density at radius 1 is 1.21 bits per heavy atom. The van der Waals surface area contributed by atoms with Gasteiger partial charge in [-0.1, -0.05) is 28.1 Å². The first-order valence-electron chi connectivity index (χ1n) is 6.13. The van der Waals surface area contributed by atoms with Crippen molar-refractivity contribution >= 4 is 21.6 Å². The molecule has 0 saturated heterocycles. The van der Waals surface area contributed by atoms with Crippen molar-refractivity contribution in [2.75, 3.05) is 5.32 Å². The fraction of sp³-hybridized carbons (Fsp3) is 0.188. The zero-order valence-corrected chi connectivity index (χ0v) is 12.5. The van der Waals surface area contributed by atoms with Gasteiger partial charge < -0.3 is 5.32 Å². The van der Waals surface area contributed by atoms with Crippen LogP contribution in [0.4, 0.5) is 5.69 Å². The summed E-state index contributed by atoms with van der Waals surface area (Å²) in [6, 6.07) is 16.3. The number of hydrogen-bond donors (Lipinski definition) is 1. The maximum absolute atomic E-state index is 8.87. The molecule has 0 fully saturated rings. The van der Waals surface area contributed by atoms with Crippen LogP contribution >= 0.6 is 15.9 Å². The van der Waals surface area contributed by atoms with Gasteiger partial charge in [0.15, 0.2) is 0 Å². The number of nitrogens with zero attached hydrogens (tertiary/aromatic N) is 1. The molecule has 2 rings (SSSR count). The Hall–Kier alpha value is -1.79. The minimum absolute atomic E-state index is 0.212. The highest BCUT2D eigenvalue weighted by Gasteiger charge is 2.07. The summed E-state index contributed by atoms with van der Waals surface area (Å²) in [6.45, 7) is 4.14. The van der Waals surface area contributed by atoms with Crippen molar-refractivity contribution in [3.63, 3.8) is 0 Å². The Balaban J connectivity index is 2.20. The Morgan fingerprint density at radius 2 is 2.00 bits per heavy atom. The van der Waals surface area contributed by atoms with Gasteiger partial charge in [-0.25, -0.2) is 0 Å². The van der Waals surface area contributed by atoms with E-state index in [2.05, 4.69) is 46.4 Å². The van der Waals surface area contributed by atoms with Crippen LogP contribution in [-0.4, -0.2) is 0 Å². The minimum atomic E-state index is 0.212. The summed E-state index contributed by atoms with van der Waals surface area (Å²) in [5, 5.41) is 12.3. The first-order chi connectivity index (χ1) is 9.10. The van der Waals surface area contributed by atoms with Gasteiger partial charge in [0.1, 0.15) is 0 Å². The number of halogens is 1. The first-order valence-corrected chi connectivity index (χ1v) is 6.92. The number of nitriles is 1. The molecule has 96 valence electrons.